The normalized spacial score (nSPS) is 11.3. The largest absolute Gasteiger partial charge is 0.380 e. The number of nitrogens with zero attached hydrogens (tertiary/aromatic N) is 1. The smallest absolute Gasteiger partial charge is 0.252 e. The molecule has 0 bridgehead atoms. The Bertz CT molecular complexity index is 1250. The second-order valence-electron chi connectivity index (χ2n) is 7.70. The van der Waals surface area contributed by atoms with Gasteiger partial charge in [-0.1, -0.05) is 12.1 Å². The van der Waals surface area contributed by atoms with Gasteiger partial charge in [-0.2, -0.15) is 0 Å². The molecule has 0 spiro atoms. The Kier molecular flexibility index (Phi) is 8.13. The van der Waals surface area contributed by atoms with Crippen LogP contribution in [0.15, 0.2) is 54.7 Å². The Morgan fingerprint density at radius 3 is 2.32 bits per heavy atom. The fraction of sp³-hybridized carbons (Fsp3) is 0.217. The van der Waals surface area contributed by atoms with Gasteiger partial charge in [0.15, 0.2) is 0 Å². The summed E-state index contributed by atoms with van der Waals surface area (Å²) in [4.78, 5) is 16.0. The van der Waals surface area contributed by atoms with E-state index in [0.717, 1.165) is 23.6 Å². The fourth-order valence-electron chi connectivity index (χ4n) is 3.23. The Morgan fingerprint density at radius 2 is 1.71 bits per heavy atom. The first-order chi connectivity index (χ1) is 16.1. The van der Waals surface area contributed by atoms with Crippen molar-refractivity contribution in [2.75, 3.05) is 23.4 Å². The van der Waals surface area contributed by atoms with Crippen LogP contribution < -0.4 is 21.1 Å². The predicted octanol–water partition coefficient (Wildman–Crippen LogP) is 3.30. The molecule has 2 aromatic carbocycles. The first kappa shape index (κ1) is 25.1. The van der Waals surface area contributed by atoms with E-state index in [4.69, 9.17) is 5.73 Å². The summed E-state index contributed by atoms with van der Waals surface area (Å²) < 4.78 is 51.5. The molecule has 34 heavy (non-hydrogen) atoms. The average Bonchev–Trinajstić information content (AvgIpc) is 2.75. The number of carbonyl (C=O) groups is 1. The second kappa shape index (κ2) is 11.0. The van der Waals surface area contributed by atoms with E-state index in [2.05, 4.69) is 20.3 Å². The fourth-order valence-corrected chi connectivity index (χ4v) is 3.74. The van der Waals surface area contributed by atoms with Crippen LogP contribution in [0.25, 0.3) is 0 Å². The van der Waals surface area contributed by atoms with Gasteiger partial charge in [0, 0.05) is 37.1 Å². The molecule has 0 aliphatic rings. The molecule has 11 heteroatoms. The van der Waals surface area contributed by atoms with Gasteiger partial charge in [-0.25, -0.2) is 26.9 Å². The molecule has 0 saturated carbocycles. The molecule has 0 aliphatic heterocycles. The third-order valence-corrected chi connectivity index (χ3v) is 5.54. The highest BCUT2D eigenvalue weighted by molar-refractivity contribution is 7.88. The Morgan fingerprint density at radius 1 is 1.03 bits per heavy atom. The van der Waals surface area contributed by atoms with E-state index in [0.29, 0.717) is 36.5 Å². The van der Waals surface area contributed by atoms with Gasteiger partial charge in [0.25, 0.3) is 5.91 Å². The summed E-state index contributed by atoms with van der Waals surface area (Å²) in [5, 5.41) is 6.10. The molecular weight excluding hydrogens is 464 g/mol. The summed E-state index contributed by atoms with van der Waals surface area (Å²) in [5.74, 6) is -1.65. The summed E-state index contributed by atoms with van der Waals surface area (Å²) in [6.07, 6.45) is 3.82. The summed E-state index contributed by atoms with van der Waals surface area (Å²) in [7, 11) is -3.19. The lowest BCUT2D eigenvalue weighted by molar-refractivity contribution is 0.100. The van der Waals surface area contributed by atoms with E-state index < -0.39 is 27.6 Å². The van der Waals surface area contributed by atoms with Crippen molar-refractivity contribution in [2.24, 2.45) is 5.73 Å². The number of carbonyl (C=O) groups excluding carboxylic acids is 1. The maximum Gasteiger partial charge on any atom is 0.252 e. The maximum atomic E-state index is 13.4. The molecule has 0 atom stereocenters. The minimum atomic E-state index is -3.19. The molecule has 0 saturated heterocycles. The zero-order valence-electron chi connectivity index (χ0n) is 18.4. The van der Waals surface area contributed by atoms with Crippen LogP contribution in [0.3, 0.4) is 0 Å². The highest BCUT2D eigenvalue weighted by Crippen LogP contribution is 2.23. The van der Waals surface area contributed by atoms with E-state index >= 15 is 0 Å². The van der Waals surface area contributed by atoms with Crippen LogP contribution in [0.5, 0.6) is 0 Å². The van der Waals surface area contributed by atoms with Crippen molar-refractivity contribution < 1.29 is 22.0 Å². The number of aryl methyl sites for hydroxylation is 1. The molecule has 180 valence electrons. The molecule has 1 amide bonds. The van der Waals surface area contributed by atoms with E-state index in [1.165, 1.54) is 18.3 Å². The van der Waals surface area contributed by atoms with Crippen LogP contribution in [-0.4, -0.2) is 32.1 Å². The van der Waals surface area contributed by atoms with E-state index in [1.54, 1.807) is 6.07 Å². The summed E-state index contributed by atoms with van der Waals surface area (Å²) >= 11 is 0. The number of hydrogen-bond acceptors (Lipinski definition) is 6. The van der Waals surface area contributed by atoms with Crippen LogP contribution in [-0.2, 0) is 23.0 Å². The van der Waals surface area contributed by atoms with E-state index in [9.17, 15) is 22.0 Å². The molecule has 8 nitrogen and oxygen atoms in total. The summed E-state index contributed by atoms with van der Waals surface area (Å²) in [6.45, 7) is 0.439. The number of anilines is 3. The Balaban J connectivity index is 1.66. The second-order valence-corrected chi connectivity index (χ2v) is 9.54. The topological polar surface area (TPSA) is 126 Å². The number of benzene rings is 2. The molecule has 0 fully saturated rings. The number of aromatic nitrogens is 1. The molecular formula is C23H25F2N5O3S. The van der Waals surface area contributed by atoms with Crippen molar-refractivity contribution in [1.29, 1.82) is 0 Å². The molecule has 1 aromatic heterocycles. The van der Waals surface area contributed by atoms with Gasteiger partial charge >= 0.3 is 0 Å². The van der Waals surface area contributed by atoms with Gasteiger partial charge in [0.05, 0.1) is 17.5 Å². The minimum absolute atomic E-state index is 0.0707. The van der Waals surface area contributed by atoms with Crippen LogP contribution in [0, 0.1) is 11.6 Å². The summed E-state index contributed by atoms with van der Waals surface area (Å²) in [6, 6.07) is 12.3. The zero-order chi connectivity index (χ0) is 24.7. The van der Waals surface area contributed by atoms with Crippen molar-refractivity contribution in [3.8, 4) is 0 Å². The zero-order valence-corrected chi connectivity index (χ0v) is 19.3. The Hall–Kier alpha value is -3.57. The number of pyridine rings is 1. The average molecular weight is 490 g/mol. The van der Waals surface area contributed by atoms with Crippen molar-refractivity contribution in [1.82, 2.24) is 9.71 Å². The van der Waals surface area contributed by atoms with Crippen molar-refractivity contribution in [2.45, 2.75) is 19.4 Å². The van der Waals surface area contributed by atoms with Gasteiger partial charge in [-0.15, -0.1) is 0 Å². The van der Waals surface area contributed by atoms with Gasteiger partial charge in [0.2, 0.25) is 10.0 Å². The van der Waals surface area contributed by atoms with Crippen LogP contribution in [0.4, 0.5) is 26.0 Å². The van der Waals surface area contributed by atoms with Crippen LogP contribution in [0.2, 0.25) is 0 Å². The van der Waals surface area contributed by atoms with Crippen molar-refractivity contribution >= 4 is 33.1 Å². The molecule has 0 radical (unpaired) electrons. The third-order valence-electron chi connectivity index (χ3n) is 4.81. The first-order valence-electron chi connectivity index (χ1n) is 10.4. The van der Waals surface area contributed by atoms with Gasteiger partial charge in [0.1, 0.15) is 17.5 Å². The lowest BCUT2D eigenvalue weighted by Gasteiger charge is -2.13. The van der Waals surface area contributed by atoms with Crippen LogP contribution >= 0.6 is 0 Å². The quantitative estimate of drug-likeness (QED) is 0.306. The minimum Gasteiger partial charge on any atom is -0.380 e. The number of nitrogens with two attached hydrogens (primary N) is 1. The van der Waals surface area contributed by atoms with Crippen molar-refractivity contribution in [3.05, 3.63) is 83.1 Å². The molecule has 0 aliphatic carbocycles. The first-order valence-corrected chi connectivity index (χ1v) is 12.3. The predicted molar refractivity (Wildman–Crippen MR) is 127 cm³/mol. The van der Waals surface area contributed by atoms with Crippen molar-refractivity contribution in [3.63, 3.8) is 0 Å². The number of nitrogens with one attached hydrogen (secondary N) is 3. The van der Waals surface area contributed by atoms with Crippen LogP contribution in [0.1, 0.15) is 27.9 Å². The van der Waals surface area contributed by atoms with E-state index in [-0.39, 0.29) is 12.1 Å². The van der Waals surface area contributed by atoms with Gasteiger partial charge in [-0.05, 0) is 48.2 Å². The SMILES string of the molecule is CS(=O)(=O)NCCCc1ccc(Nc2cc(NCc3cc(F)cc(F)c3)c(C(N)=O)cn2)cc1. The molecule has 3 aromatic rings. The van der Waals surface area contributed by atoms with E-state index in [1.807, 2.05) is 24.3 Å². The standard InChI is InChI=1S/C23H25F2N5O3S/c1-34(32,33)29-8-2-3-15-4-6-19(7-5-15)30-22-12-21(20(14-28-22)23(26)31)27-13-16-9-17(24)11-18(25)10-16/h4-7,9-12,14,29H,2-3,8,13H2,1H3,(H2,26,31)(H2,27,28,30). The number of primary amides is 1. The number of halogens is 2. The molecule has 5 N–H and O–H groups in total. The number of sulfonamides is 1. The maximum absolute atomic E-state index is 13.4. The third kappa shape index (κ3) is 7.78. The lowest BCUT2D eigenvalue weighted by Crippen LogP contribution is -2.23. The molecule has 1 heterocycles. The lowest BCUT2D eigenvalue weighted by atomic mass is 10.1. The molecule has 0 unspecified atom stereocenters. The highest BCUT2D eigenvalue weighted by atomic mass is 32.2. The number of hydrogen-bond donors (Lipinski definition) is 4. The highest BCUT2D eigenvalue weighted by Gasteiger charge is 2.11. The molecule has 3 rings (SSSR count). The van der Waals surface area contributed by atoms with Gasteiger partial charge in [-0.3, -0.25) is 4.79 Å². The Labute approximate surface area is 196 Å². The summed E-state index contributed by atoms with van der Waals surface area (Å²) in [5.41, 5.74) is 8.08. The monoisotopic (exact) mass is 489 g/mol. The number of amides is 1. The number of rotatable bonds is 11. The van der Waals surface area contributed by atoms with Gasteiger partial charge < -0.3 is 16.4 Å².